The lowest BCUT2D eigenvalue weighted by Crippen LogP contribution is -2.09. The number of alkyl halides is 3. The van der Waals surface area contributed by atoms with Crippen LogP contribution in [0.15, 0.2) is 30.3 Å². The average molecular weight is 403 g/mol. The van der Waals surface area contributed by atoms with E-state index in [1.165, 1.54) is 6.07 Å². The molecule has 1 aliphatic carbocycles. The molecule has 0 saturated heterocycles. The molecule has 4 rings (SSSR count). The van der Waals surface area contributed by atoms with Crippen molar-refractivity contribution in [3.05, 3.63) is 36.0 Å². The summed E-state index contributed by atoms with van der Waals surface area (Å²) in [6, 6.07) is 7.73. The summed E-state index contributed by atoms with van der Waals surface area (Å²) in [7, 11) is 1.72. The molecule has 0 spiro atoms. The molecule has 6 nitrogen and oxygen atoms in total. The Morgan fingerprint density at radius 3 is 2.55 bits per heavy atom. The van der Waals surface area contributed by atoms with Crippen LogP contribution in [0.25, 0.3) is 22.3 Å². The molecule has 2 N–H and O–H groups in total. The number of hydrogen-bond acceptors (Lipinski definition) is 4. The largest absolute Gasteiger partial charge is 0.433 e. The van der Waals surface area contributed by atoms with Crippen LogP contribution in [-0.4, -0.2) is 28.2 Å². The Kier molecular flexibility index (Phi) is 4.89. The fourth-order valence-corrected chi connectivity index (χ4v) is 3.91. The minimum Gasteiger partial charge on any atom is -0.386 e. The summed E-state index contributed by atoms with van der Waals surface area (Å²) >= 11 is 0. The number of carbonyl (C=O) groups excluding carboxylic acids is 1. The Hall–Kier alpha value is -3.10. The molecule has 1 aromatic carbocycles. The van der Waals surface area contributed by atoms with Crippen LogP contribution in [0.1, 0.15) is 37.4 Å². The topological polar surface area (TPSA) is 71.8 Å². The van der Waals surface area contributed by atoms with Gasteiger partial charge in [-0.1, -0.05) is 18.9 Å². The summed E-state index contributed by atoms with van der Waals surface area (Å²) < 4.78 is 41.6. The zero-order valence-electron chi connectivity index (χ0n) is 15.8. The van der Waals surface area contributed by atoms with Crippen LogP contribution < -0.4 is 10.6 Å². The number of benzene rings is 1. The lowest BCUT2D eigenvalue weighted by atomic mass is 10.1. The number of halogens is 3. The molecule has 0 radical (unpaired) electrons. The fourth-order valence-electron chi connectivity index (χ4n) is 3.91. The van der Waals surface area contributed by atoms with Crippen molar-refractivity contribution in [2.75, 3.05) is 17.7 Å². The summed E-state index contributed by atoms with van der Waals surface area (Å²) in [6.45, 7) is 0. The molecule has 2 heterocycles. The highest BCUT2D eigenvalue weighted by Gasteiger charge is 2.34. The zero-order valence-corrected chi connectivity index (χ0v) is 15.8. The first-order valence-electron chi connectivity index (χ1n) is 9.41. The van der Waals surface area contributed by atoms with E-state index in [1.807, 2.05) is 4.68 Å². The van der Waals surface area contributed by atoms with Crippen molar-refractivity contribution in [2.45, 2.75) is 37.9 Å². The highest BCUT2D eigenvalue weighted by Crippen LogP contribution is 2.39. The Balaban J connectivity index is 1.96. The minimum absolute atomic E-state index is 0.111. The summed E-state index contributed by atoms with van der Waals surface area (Å²) in [5.74, 6) is 0. The first kappa shape index (κ1) is 19.2. The number of anilines is 2. The average Bonchev–Trinajstić information content (AvgIpc) is 3.34. The summed E-state index contributed by atoms with van der Waals surface area (Å²) in [5, 5.41) is 10.2. The van der Waals surface area contributed by atoms with Crippen molar-refractivity contribution in [3.63, 3.8) is 0 Å². The van der Waals surface area contributed by atoms with E-state index in [-0.39, 0.29) is 11.6 Å². The fraction of sp³-hybridized carbons (Fsp3) is 0.350. The molecule has 152 valence electrons. The first-order valence-corrected chi connectivity index (χ1v) is 9.41. The number of aromatic nitrogens is 3. The maximum atomic E-state index is 13.3. The number of hydrogen-bond donors (Lipinski definition) is 2. The second-order valence-electron chi connectivity index (χ2n) is 7.07. The standard InChI is InChI=1S/C20H20F3N5O/c1-24-14-7-6-12(10-16(14)25-11-29)19-18-15(8-9-17(26-18)20(21,22)23)27-28(19)13-4-2-3-5-13/h6-11,13,24H,2-5H2,1H3,(H,25,29). The van der Waals surface area contributed by atoms with Gasteiger partial charge in [0.2, 0.25) is 6.41 Å². The SMILES string of the molecule is CNc1ccc(-c2c3nc(C(F)(F)F)ccc3nn2C2CCCC2)cc1NC=O. The molecule has 1 saturated carbocycles. The number of amides is 1. The van der Waals surface area contributed by atoms with E-state index in [4.69, 9.17) is 0 Å². The van der Waals surface area contributed by atoms with E-state index < -0.39 is 11.9 Å². The molecule has 0 unspecified atom stereocenters. The van der Waals surface area contributed by atoms with Gasteiger partial charge in [-0.05, 0) is 37.1 Å². The number of pyridine rings is 1. The molecule has 29 heavy (non-hydrogen) atoms. The van der Waals surface area contributed by atoms with Crippen LogP contribution in [-0.2, 0) is 11.0 Å². The predicted molar refractivity (Wildman–Crippen MR) is 105 cm³/mol. The van der Waals surface area contributed by atoms with Crippen molar-refractivity contribution in [1.29, 1.82) is 0 Å². The molecule has 2 aromatic heterocycles. The Labute approximate surface area is 165 Å². The highest BCUT2D eigenvalue weighted by molar-refractivity contribution is 5.93. The van der Waals surface area contributed by atoms with Crippen molar-refractivity contribution in [2.24, 2.45) is 0 Å². The number of nitrogens with zero attached hydrogens (tertiary/aromatic N) is 3. The molecule has 9 heteroatoms. The van der Waals surface area contributed by atoms with Gasteiger partial charge in [0.25, 0.3) is 0 Å². The quantitative estimate of drug-likeness (QED) is 0.598. The van der Waals surface area contributed by atoms with Crippen LogP contribution in [0.3, 0.4) is 0 Å². The van der Waals surface area contributed by atoms with Gasteiger partial charge in [0.1, 0.15) is 16.7 Å². The van der Waals surface area contributed by atoms with Gasteiger partial charge in [0, 0.05) is 12.6 Å². The third-order valence-electron chi connectivity index (χ3n) is 5.28. The third kappa shape index (κ3) is 3.52. The van der Waals surface area contributed by atoms with Crippen LogP contribution in [0.4, 0.5) is 24.5 Å². The van der Waals surface area contributed by atoms with Gasteiger partial charge in [-0.2, -0.15) is 18.3 Å². The molecule has 1 amide bonds. The molecule has 0 aliphatic heterocycles. The van der Waals surface area contributed by atoms with Crippen LogP contribution in [0.5, 0.6) is 0 Å². The van der Waals surface area contributed by atoms with Gasteiger partial charge in [0.05, 0.1) is 23.1 Å². The molecule has 1 aliphatic rings. The second-order valence-corrected chi connectivity index (χ2v) is 7.07. The van der Waals surface area contributed by atoms with Crippen LogP contribution in [0.2, 0.25) is 0 Å². The second kappa shape index (κ2) is 7.38. The molecular weight excluding hydrogens is 383 g/mol. The van der Waals surface area contributed by atoms with Gasteiger partial charge >= 0.3 is 6.18 Å². The van der Waals surface area contributed by atoms with E-state index in [0.29, 0.717) is 34.6 Å². The van der Waals surface area contributed by atoms with Crippen LogP contribution in [0, 0.1) is 0 Å². The van der Waals surface area contributed by atoms with E-state index in [9.17, 15) is 18.0 Å². The van der Waals surface area contributed by atoms with Crippen molar-refractivity contribution < 1.29 is 18.0 Å². The normalized spacial score (nSPS) is 15.0. The molecule has 0 atom stereocenters. The van der Waals surface area contributed by atoms with E-state index >= 15 is 0 Å². The van der Waals surface area contributed by atoms with Gasteiger partial charge in [-0.25, -0.2) is 4.98 Å². The van der Waals surface area contributed by atoms with Crippen molar-refractivity contribution in [1.82, 2.24) is 14.8 Å². The molecule has 3 aromatic rings. The molecule has 1 fully saturated rings. The Morgan fingerprint density at radius 1 is 1.14 bits per heavy atom. The Bertz CT molecular complexity index is 1050. The van der Waals surface area contributed by atoms with E-state index in [2.05, 4.69) is 20.7 Å². The highest BCUT2D eigenvalue weighted by atomic mass is 19.4. The monoisotopic (exact) mass is 403 g/mol. The lowest BCUT2D eigenvalue weighted by Gasteiger charge is -2.16. The predicted octanol–water partition coefficient (Wildman–Crippen LogP) is 4.84. The lowest BCUT2D eigenvalue weighted by molar-refractivity contribution is -0.140. The zero-order chi connectivity index (χ0) is 20.6. The summed E-state index contributed by atoms with van der Waals surface area (Å²) in [4.78, 5) is 14.9. The third-order valence-corrected chi connectivity index (χ3v) is 5.28. The maximum absolute atomic E-state index is 13.3. The van der Waals surface area contributed by atoms with Gasteiger partial charge in [-0.3, -0.25) is 9.48 Å². The van der Waals surface area contributed by atoms with Crippen molar-refractivity contribution in [3.8, 4) is 11.3 Å². The number of fused-ring (bicyclic) bond motifs is 1. The van der Waals surface area contributed by atoms with Gasteiger partial charge < -0.3 is 10.6 Å². The first-order chi connectivity index (χ1) is 13.9. The van der Waals surface area contributed by atoms with Crippen molar-refractivity contribution >= 4 is 28.8 Å². The van der Waals surface area contributed by atoms with E-state index in [1.54, 1.807) is 25.2 Å². The van der Waals surface area contributed by atoms with E-state index in [0.717, 1.165) is 31.7 Å². The number of rotatable bonds is 5. The maximum Gasteiger partial charge on any atom is 0.433 e. The number of carbonyl (C=O) groups is 1. The summed E-state index contributed by atoms with van der Waals surface area (Å²) in [5.41, 5.74) is 2.09. The Morgan fingerprint density at radius 2 is 1.90 bits per heavy atom. The molecule has 0 bridgehead atoms. The number of nitrogens with one attached hydrogen (secondary N) is 2. The van der Waals surface area contributed by atoms with Crippen LogP contribution >= 0.6 is 0 Å². The minimum atomic E-state index is -4.54. The smallest absolute Gasteiger partial charge is 0.386 e. The summed E-state index contributed by atoms with van der Waals surface area (Å²) in [6.07, 6.45) is -0.0356. The molecular formula is C20H20F3N5O. The van der Waals surface area contributed by atoms with Gasteiger partial charge in [0.15, 0.2) is 0 Å². The van der Waals surface area contributed by atoms with Gasteiger partial charge in [-0.15, -0.1) is 0 Å².